The molecule has 0 spiro atoms. The summed E-state index contributed by atoms with van der Waals surface area (Å²) in [6, 6.07) is 1.96. The van der Waals surface area contributed by atoms with Crippen LogP contribution in [0.5, 0.6) is 0 Å². The van der Waals surface area contributed by atoms with E-state index < -0.39 is 11.1 Å². The topological polar surface area (TPSA) is 26.0 Å². The lowest BCUT2D eigenvalue weighted by molar-refractivity contribution is 0.0390. The van der Waals surface area contributed by atoms with Gasteiger partial charge in [-0.3, -0.25) is 0 Å². The molecule has 1 unspecified atom stereocenters. The van der Waals surface area contributed by atoms with Gasteiger partial charge in [0.2, 0.25) is 0 Å². The third kappa shape index (κ3) is 3.02. The Bertz CT molecular complexity index is 332. The maximum Gasteiger partial charge on any atom is 0.132 e. The first kappa shape index (κ1) is 13.1. The Kier molecular flexibility index (Phi) is 3.95. The monoisotopic (exact) mass is 293 g/mol. The van der Waals surface area contributed by atoms with Crippen molar-refractivity contribution in [2.45, 2.75) is 32.9 Å². The van der Waals surface area contributed by atoms with Gasteiger partial charge >= 0.3 is 0 Å². The van der Waals surface area contributed by atoms with Gasteiger partial charge in [0, 0.05) is 27.7 Å². The van der Waals surface area contributed by atoms with Crippen molar-refractivity contribution < 1.29 is 4.39 Å². The molecule has 1 aromatic heterocycles. The van der Waals surface area contributed by atoms with Gasteiger partial charge in [-0.15, -0.1) is 11.3 Å². The van der Waals surface area contributed by atoms with E-state index in [1.165, 1.54) is 0 Å². The SMILES string of the molecule is CC(C)(C)C(F)(CN)Cc1cc(Br)cs1. The maximum absolute atomic E-state index is 14.6. The first-order chi connectivity index (χ1) is 6.78. The van der Waals surface area contributed by atoms with E-state index in [4.69, 9.17) is 5.73 Å². The van der Waals surface area contributed by atoms with Crippen LogP contribution in [0.25, 0.3) is 0 Å². The molecule has 2 N–H and O–H groups in total. The summed E-state index contributed by atoms with van der Waals surface area (Å²) in [6.07, 6.45) is 0.392. The van der Waals surface area contributed by atoms with E-state index >= 15 is 0 Å². The van der Waals surface area contributed by atoms with Crippen LogP contribution in [-0.4, -0.2) is 12.2 Å². The van der Waals surface area contributed by atoms with Gasteiger partial charge in [-0.2, -0.15) is 0 Å². The molecule has 1 atom stereocenters. The smallest absolute Gasteiger partial charge is 0.132 e. The Morgan fingerprint density at radius 3 is 2.40 bits per heavy atom. The number of hydrogen-bond donors (Lipinski definition) is 1. The van der Waals surface area contributed by atoms with E-state index in [-0.39, 0.29) is 6.54 Å². The van der Waals surface area contributed by atoms with Gasteiger partial charge in [0.1, 0.15) is 5.67 Å². The highest BCUT2D eigenvalue weighted by molar-refractivity contribution is 9.10. The Morgan fingerprint density at radius 1 is 1.47 bits per heavy atom. The van der Waals surface area contributed by atoms with E-state index in [0.717, 1.165) is 9.35 Å². The first-order valence-electron chi connectivity index (χ1n) is 4.90. The summed E-state index contributed by atoms with van der Waals surface area (Å²) in [7, 11) is 0. The summed E-state index contributed by atoms with van der Waals surface area (Å²) in [5, 5.41) is 1.97. The van der Waals surface area contributed by atoms with Crippen molar-refractivity contribution in [1.82, 2.24) is 0 Å². The van der Waals surface area contributed by atoms with Crippen LogP contribution in [0.15, 0.2) is 15.9 Å². The summed E-state index contributed by atoms with van der Waals surface area (Å²) in [4.78, 5) is 1.03. The Balaban J connectivity index is 2.86. The van der Waals surface area contributed by atoms with Crippen molar-refractivity contribution in [2.75, 3.05) is 6.54 Å². The Labute approximate surface area is 103 Å². The van der Waals surface area contributed by atoms with Crippen LogP contribution < -0.4 is 5.73 Å². The van der Waals surface area contributed by atoms with Gasteiger partial charge in [0.05, 0.1) is 0 Å². The second-order valence-electron chi connectivity index (χ2n) is 4.83. The molecule has 0 radical (unpaired) electrons. The highest BCUT2D eigenvalue weighted by Gasteiger charge is 2.41. The molecule has 1 rings (SSSR count). The minimum absolute atomic E-state index is 0.0615. The number of alkyl halides is 1. The van der Waals surface area contributed by atoms with Gasteiger partial charge < -0.3 is 5.73 Å². The minimum Gasteiger partial charge on any atom is -0.327 e. The fourth-order valence-electron chi connectivity index (χ4n) is 1.37. The Hall–Kier alpha value is 0.0700. The van der Waals surface area contributed by atoms with Gasteiger partial charge in [-0.05, 0) is 27.4 Å². The van der Waals surface area contributed by atoms with E-state index in [1.807, 2.05) is 32.2 Å². The highest BCUT2D eigenvalue weighted by Crippen LogP contribution is 2.37. The number of hydrogen-bond acceptors (Lipinski definition) is 2. The molecule has 1 nitrogen and oxygen atoms in total. The first-order valence-corrected chi connectivity index (χ1v) is 6.58. The number of nitrogens with two attached hydrogens (primary N) is 1. The van der Waals surface area contributed by atoms with Gasteiger partial charge in [0.15, 0.2) is 0 Å². The summed E-state index contributed by atoms with van der Waals surface area (Å²) in [5.41, 5.74) is 3.80. The molecule has 1 heterocycles. The number of halogens is 2. The fraction of sp³-hybridized carbons (Fsp3) is 0.636. The second kappa shape index (κ2) is 4.52. The molecule has 1 aromatic rings. The molecule has 0 aromatic carbocycles. The lowest BCUT2D eigenvalue weighted by atomic mass is 9.75. The van der Waals surface area contributed by atoms with Gasteiger partial charge in [0.25, 0.3) is 0 Å². The molecular formula is C11H17BrFNS. The van der Waals surface area contributed by atoms with Gasteiger partial charge in [-0.25, -0.2) is 4.39 Å². The summed E-state index contributed by atoms with van der Waals surface area (Å²) < 4.78 is 15.6. The van der Waals surface area contributed by atoms with Crippen molar-refractivity contribution in [3.63, 3.8) is 0 Å². The lowest BCUT2D eigenvalue weighted by Gasteiger charge is -2.36. The fourth-order valence-corrected chi connectivity index (χ4v) is 2.91. The molecule has 0 aliphatic heterocycles. The third-order valence-electron chi connectivity index (χ3n) is 2.74. The summed E-state index contributed by atoms with van der Waals surface area (Å²) in [5.74, 6) is 0. The second-order valence-corrected chi connectivity index (χ2v) is 6.74. The molecule has 0 aliphatic rings. The quantitative estimate of drug-likeness (QED) is 0.902. The van der Waals surface area contributed by atoms with Crippen molar-refractivity contribution in [2.24, 2.45) is 11.1 Å². The molecule has 0 fully saturated rings. The zero-order valence-corrected chi connectivity index (χ0v) is 11.7. The predicted molar refractivity (Wildman–Crippen MR) is 68.1 cm³/mol. The standard InChI is InChI=1S/C11H17BrFNS/c1-10(2,3)11(13,7-14)5-9-4-8(12)6-15-9/h4,6H,5,7,14H2,1-3H3. The average Bonchev–Trinajstić information content (AvgIpc) is 2.49. The largest absolute Gasteiger partial charge is 0.327 e. The van der Waals surface area contributed by atoms with E-state index in [2.05, 4.69) is 15.9 Å². The van der Waals surface area contributed by atoms with Crippen LogP contribution in [0.1, 0.15) is 25.6 Å². The minimum atomic E-state index is -1.34. The Morgan fingerprint density at radius 2 is 2.07 bits per heavy atom. The van der Waals surface area contributed by atoms with Crippen LogP contribution in [0.4, 0.5) is 4.39 Å². The third-order valence-corrected chi connectivity index (χ3v) is 4.44. The van der Waals surface area contributed by atoms with Crippen LogP contribution in [0.3, 0.4) is 0 Å². The number of rotatable bonds is 3. The molecule has 0 bridgehead atoms. The molecule has 0 amide bonds. The molecular weight excluding hydrogens is 277 g/mol. The van der Waals surface area contributed by atoms with Crippen LogP contribution in [-0.2, 0) is 6.42 Å². The van der Waals surface area contributed by atoms with Crippen LogP contribution >= 0.6 is 27.3 Å². The molecule has 0 saturated carbocycles. The molecule has 0 aliphatic carbocycles. The van der Waals surface area contributed by atoms with Gasteiger partial charge in [-0.1, -0.05) is 20.8 Å². The van der Waals surface area contributed by atoms with Crippen LogP contribution in [0, 0.1) is 5.41 Å². The van der Waals surface area contributed by atoms with Crippen molar-refractivity contribution in [3.05, 3.63) is 20.8 Å². The van der Waals surface area contributed by atoms with Crippen LogP contribution in [0.2, 0.25) is 0 Å². The van der Waals surface area contributed by atoms with E-state index in [9.17, 15) is 4.39 Å². The predicted octanol–water partition coefficient (Wildman–Crippen LogP) is 3.77. The van der Waals surface area contributed by atoms with E-state index in [1.54, 1.807) is 11.3 Å². The van der Waals surface area contributed by atoms with E-state index in [0.29, 0.717) is 6.42 Å². The highest BCUT2D eigenvalue weighted by atomic mass is 79.9. The lowest BCUT2D eigenvalue weighted by Crippen LogP contribution is -2.46. The summed E-state index contributed by atoms with van der Waals surface area (Å²) >= 11 is 4.93. The summed E-state index contributed by atoms with van der Waals surface area (Å²) in [6.45, 7) is 5.74. The van der Waals surface area contributed by atoms with Crippen molar-refractivity contribution in [3.8, 4) is 0 Å². The zero-order chi connectivity index (χ0) is 11.7. The van der Waals surface area contributed by atoms with Crippen molar-refractivity contribution >= 4 is 27.3 Å². The maximum atomic E-state index is 14.6. The zero-order valence-electron chi connectivity index (χ0n) is 9.31. The molecule has 15 heavy (non-hydrogen) atoms. The molecule has 4 heteroatoms. The molecule has 0 saturated heterocycles. The average molecular weight is 294 g/mol. The normalized spacial score (nSPS) is 16.4. The number of thiophene rings is 1. The van der Waals surface area contributed by atoms with Crippen molar-refractivity contribution in [1.29, 1.82) is 0 Å². The molecule has 86 valence electrons.